The van der Waals surface area contributed by atoms with Gasteiger partial charge in [0.1, 0.15) is 10.6 Å². The van der Waals surface area contributed by atoms with Crippen molar-refractivity contribution in [2.45, 2.75) is 28.9 Å². The first-order chi connectivity index (χ1) is 11.9. The molecule has 3 nitrogen and oxygen atoms in total. The molecule has 0 radical (unpaired) electrons. The first-order valence-corrected chi connectivity index (χ1v) is 9.85. The Hall–Kier alpha value is -1.66. The van der Waals surface area contributed by atoms with E-state index in [9.17, 15) is 17.2 Å². The van der Waals surface area contributed by atoms with Crippen LogP contribution in [0.1, 0.15) is 24.8 Å². The number of benzene rings is 2. The van der Waals surface area contributed by atoms with Gasteiger partial charge in [-0.25, -0.2) is 17.2 Å². The van der Waals surface area contributed by atoms with Gasteiger partial charge in [-0.2, -0.15) is 0 Å². The van der Waals surface area contributed by atoms with Crippen molar-refractivity contribution >= 4 is 21.4 Å². The van der Waals surface area contributed by atoms with Crippen LogP contribution in [-0.4, -0.2) is 15.0 Å². The van der Waals surface area contributed by atoms with E-state index in [1.165, 1.54) is 24.3 Å². The number of hydrogen-bond acceptors (Lipinski definition) is 3. The predicted molar refractivity (Wildman–Crippen MR) is 89.5 cm³/mol. The van der Waals surface area contributed by atoms with Gasteiger partial charge in [-0.15, -0.1) is 0 Å². The monoisotopic (exact) mass is 384 g/mol. The lowest BCUT2D eigenvalue weighted by Crippen LogP contribution is -2.46. The highest BCUT2D eigenvalue weighted by atomic mass is 35.5. The molecule has 0 amide bonds. The number of sulfone groups is 1. The van der Waals surface area contributed by atoms with Crippen molar-refractivity contribution in [2.24, 2.45) is 5.92 Å². The number of halogens is 3. The lowest BCUT2D eigenvalue weighted by Gasteiger charge is -2.40. The maximum atomic E-state index is 14.7. The Morgan fingerprint density at radius 2 is 1.76 bits per heavy atom. The molecule has 2 aromatic carbocycles. The van der Waals surface area contributed by atoms with Gasteiger partial charge in [-0.1, -0.05) is 18.0 Å². The summed E-state index contributed by atoms with van der Waals surface area (Å²) in [5.74, 6) is -2.19. The molecule has 1 saturated carbocycles. The van der Waals surface area contributed by atoms with Crippen LogP contribution >= 0.6 is 11.6 Å². The Morgan fingerprint density at radius 1 is 1.08 bits per heavy atom. The zero-order chi connectivity index (χ0) is 17.8. The quantitative estimate of drug-likeness (QED) is 0.766. The summed E-state index contributed by atoms with van der Waals surface area (Å²) in [6, 6.07) is 7.72. The van der Waals surface area contributed by atoms with Crippen molar-refractivity contribution in [3.8, 4) is 5.75 Å². The zero-order valence-electron chi connectivity index (χ0n) is 13.1. The molecule has 132 valence electrons. The van der Waals surface area contributed by atoms with E-state index in [1.807, 2.05) is 0 Å². The van der Waals surface area contributed by atoms with Crippen LogP contribution < -0.4 is 4.74 Å². The minimum absolute atomic E-state index is 0.0557. The minimum Gasteiger partial charge on any atom is -0.490 e. The Labute approximate surface area is 149 Å². The van der Waals surface area contributed by atoms with Crippen molar-refractivity contribution in [1.82, 2.24) is 0 Å². The van der Waals surface area contributed by atoms with Gasteiger partial charge in [-0.3, -0.25) is 0 Å². The number of rotatable bonds is 2. The van der Waals surface area contributed by atoms with Crippen molar-refractivity contribution in [3.05, 3.63) is 58.6 Å². The van der Waals surface area contributed by atoms with Gasteiger partial charge in [0, 0.05) is 10.9 Å². The third-order valence-corrected chi connectivity index (χ3v) is 8.12. The summed E-state index contributed by atoms with van der Waals surface area (Å²) in [5.41, 5.74) is -0.170. The topological polar surface area (TPSA) is 43.4 Å². The number of ether oxygens (including phenoxy) is 1. The molecule has 1 fully saturated rings. The molecule has 0 saturated heterocycles. The molecular weight excluding hydrogens is 370 g/mol. The molecule has 0 N–H and O–H groups in total. The third-order valence-electron chi connectivity index (χ3n) is 5.27. The molecule has 2 atom stereocenters. The van der Waals surface area contributed by atoms with E-state index in [1.54, 1.807) is 0 Å². The van der Waals surface area contributed by atoms with Crippen LogP contribution in [0, 0.1) is 17.6 Å². The van der Waals surface area contributed by atoms with Gasteiger partial charge in [-0.05, 0) is 49.2 Å². The fourth-order valence-electron chi connectivity index (χ4n) is 4.16. The van der Waals surface area contributed by atoms with Gasteiger partial charge in [0.15, 0.2) is 21.4 Å². The summed E-state index contributed by atoms with van der Waals surface area (Å²) in [5, 5.41) is 0.407. The molecule has 0 spiro atoms. The molecule has 2 aliphatic rings. The molecule has 1 aliphatic carbocycles. The summed E-state index contributed by atoms with van der Waals surface area (Å²) in [6.45, 7) is 0.0557. The summed E-state index contributed by atoms with van der Waals surface area (Å²) >= 11 is 5.86. The normalized spacial score (nSPS) is 25.2. The van der Waals surface area contributed by atoms with E-state index < -0.39 is 32.1 Å². The predicted octanol–water partition coefficient (Wildman–Crippen LogP) is 4.48. The lowest BCUT2D eigenvalue weighted by atomic mass is 9.85. The number of fused-ring (bicyclic) bond motifs is 3. The Bertz CT molecular complexity index is 944. The second kappa shape index (κ2) is 5.68. The SMILES string of the molecule is O=S(=O)(c1ccc(Cl)cc1)C12CCCC1COc1c(F)ccc(F)c12. The molecule has 7 heteroatoms. The highest BCUT2D eigenvalue weighted by Gasteiger charge is 2.59. The van der Waals surface area contributed by atoms with Gasteiger partial charge >= 0.3 is 0 Å². The van der Waals surface area contributed by atoms with Crippen LogP contribution in [0.15, 0.2) is 41.3 Å². The van der Waals surface area contributed by atoms with Gasteiger partial charge in [0.25, 0.3) is 0 Å². The van der Waals surface area contributed by atoms with E-state index in [4.69, 9.17) is 16.3 Å². The van der Waals surface area contributed by atoms with Crippen molar-refractivity contribution in [1.29, 1.82) is 0 Å². The van der Waals surface area contributed by atoms with Crippen molar-refractivity contribution < 1.29 is 21.9 Å². The summed E-state index contributed by atoms with van der Waals surface area (Å²) in [6.07, 6.45) is 1.43. The zero-order valence-corrected chi connectivity index (χ0v) is 14.7. The Morgan fingerprint density at radius 3 is 2.48 bits per heavy atom. The summed E-state index contributed by atoms with van der Waals surface area (Å²) in [7, 11) is -3.98. The molecule has 1 aliphatic heterocycles. The van der Waals surface area contributed by atoms with Crippen LogP contribution in [0.4, 0.5) is 8.78 Å². The van der Waals surface area contributed by atoms with Crippen molar-refractivity contribution in [3.63, 3.8) is 0 Å². The van der Waals surface area contributed by atoms with E-state index in [0.717, 1.165) is 12.1 Å². The highest BCUT2D eigenvalue weighted by Crippen LogP contribution is 2.57. The second-order valence-corrected chi connectivity index (χ2v) is 9.12. The average molecular weight is 385 g/mol. The molecule has 2 unspecified atom stereocenters. The van der Waals surface area contributed by atoms with E-state index in [0.29, 0.717) is 17.9 Å². The second-order valence-electron chi connectivity index (χ2n) is 6.48. The molecule has 0 aromatic heterocycles. The molecular formula is C18H15ClF2O3S. The highest BCUT2D eigenvalue weighted by molar-refractivity contribution is 7.92. The van der Waals surface area contributed by atoms with Crippen LogP contribution in [0.5, 0.6) is 5.75 Å². The van der Waals surface area contributed by atoms with Crippen LogP contribution in [-0.2, 0) is 14.6 Å². The molecule has 4 rings (SSSR count). The lowest BCUT2D eigenvalue weighted by molar-refractivity contribution is 0.178. The summed E-state index contributed by atoms with van der Waals surface area (Å²) < 4.78 is 59.9. The van der Waals surface area contributed by atoms with Gasteiger partial charge < -0.3 is 4.74 Å². The minimum atomic E-state index is -3.98. The molecule has 0 bridgehead atoms. The van der Waals surface area contributed by atoms with Gasteiger partial charge in [0.2, 0.25) is 0 Å². The maximum absolute atomic E-state index is 14.7. The first-order valence-electron chi connectivity index (χ1n) is 7.99. The van der Waals surface area contributed by atoms with Crippen molar-refractivity contribution in [2.75, 3.05) is 6.61 Å². The first kappa shape index (κ1) is 16.8. The fraction of sp³-hybridized carbons (Fsp3) is 0.333. The van der Waals surface area contributed by atoms with Crippen LogP contribution in [0.25, 0.3) is 0 Å². The molecule has 2 aromatic rings. The van der Waals surface area contributed by atoms with Crippen LogP contribution in [0.3, 0.4) is 0 Å². The van der Waals surface area contributed by atoms with Gasteiger partial charge in [0.05, 0.1) is 17.1 Å². The standard InChI is InChI=1S/C18H15ClF2O3S/c19-12-3-5-13(6-4-12)25(22,23)18-9-1-2-11(18)10-24-17-15(21)8-7-14(20)16(17)18/h3-8,11H,1-2,9-10H2. The smallest absolute Gasteiger partial charge is 0.188 e. The molecule has 25 heavy (non-hydrogen) atoms. The Kier molecular flexibility index (Phi) is 3.81. The molecule has 1 heterocycles. The average Bonchev–Trinajstić information content (AvgIpc) is 3.04. The van der Waals surface area contributed by atoms with E-state index in [-0.39, 0.29) is 29.2 Å². The largest absolute Gasteiger partial charge is 0.490 e. The van der Waals surface area contributed by atoms with E-state index >= 15 is 0 Å². The third kappa shape index (κ3) is 2.23. The Balaban J connectivity index is 2.02. The maximum Gasteiger partial charge on any atom is 0.188 e. The summed E-state index contributed by atoms with van der Waals surface area (Å²) in [4.78, 5) is 0.0558. The number of hydrogen-bond donors (Lipinski definition) is 0. The fourth-order valence-corrected chi connectivity index (χ4v) is 6.70. The van der Waals surface area contributed by atoms with E-state index in [2.05, 4.69) is 0 Å². The van der Waals surface area contributed by atoms with Crippen LogP contribution in [0.2, 0.25) is 5.02 Å².